The summed E-state index contributed by atoms with van der Waals surface area (Å²) in [4.78, 5) is 0. The van der Waals surface area contributed by atoms with Crippen LogP contribution in [0.2, 0.25) is 0 Å². The van der Waals surface area contributed by atoms with Gasteiger partial charge in [0.05, 0.1) is 7.11 Å². The van der Waals surface area contributed by atoms with Crippen LogP contribution in [0.15, 0.2) is 18.2 Å². The maximum absolute atomic E-state index is 9.50. The minimum Gasteiger partial charge on any atom is -0.508 e. The number of ether oxygens (including phenoxy) is 1. The molecule has 0 saturated carbocycles. The molecule has 0 spiro atoms. The highest BCUT2D eigenvalue weighted by molar-refractivity contribution is 5.39. The van der Waals surface area contributed by atoms with E-state index in [1.54, 1.807) is 25.3 Å². The molecule has 78 valence electrons. The molecule has 4 nitrogen and oxygen atoms in total. The first kappa shape index (κ1) is 10.8. The second kappa shape index (κ2) is 5.47. The first-order valence-corrected chi connectivity index (χ1v) is 4.54. The van der Waals surface area contributed by atoms with Crippen molar-refractivity contribution in [1.29, 1.82) is 0 Å². The topological polar surface area (TPSA) is 67.5 Å². The molecule has 0 amide bonds. The Balaban J connectivity index is 2.64. The fourth-order valence-corrected chi connectivity index (χ4v) is 1.16. The monoisotopic (exact) mass is 196 g/mol. The van der Waals surface area contributed by atoms with Crippen LogP contribution in [-0.4, -0.2) is 25.3 Å². The van der Waals surface area contributed by atoms with Gasteiger partial charge in [0.2, 0.25) is 0 Å². The molecule has 0 aromatic heterocycles. The summed E-state index contributed by atoms with van der Waals surface area (Å²) in [7, 11) is 1.60. The molecule has 0 saturated heterocycles. The SMILES string of the molecule is COc1ccc(O)c(CNCCN)c1. The van der Waals surface area contributed by atoms with E-state index in [0.29, 0.717) is 13.1 Å². The fourth-order valence-electron chi connectivity index (χ4n) is 1.16. The lowest BCUT2D eigenvalue weighted by molar-refractivity contribution is 0.410. The van der Waals surface area contributed by atoms with Crippen LogP contribution in [0.4, 0.5) is 0 Å². The van der Waals surface area contributed by atoms with E-state index >= 15 is 0 Å². The molecular formula is C10H16N2O2. The molecule has 0 aliphatic rings. The summed E-state index contributed by atoms with van der Waals surface area (Å²) < 4.78 is 5.05. The van der Waals surface area contributed by atoms with Crippen molar-refractivity contribution in [2.45, 2.75) is 6.54 Å². The highest BCUT2D eigenvalue weighted by Gasteiger charge is 2.01. The highest BCUT2D eigenvalue weighted by atomic mass is 16.5. The number of nitrogens with one attached hydrogen (secondary N) is 1. The number of methoxy groups -OCH3 is 1. The van der Waals surface area contributed by atoms with Crippen LogP contribution in [0.25, 0.3) is 0 Å². The number of nitrogens with two attached hydrogens (primary N) is 1. The van der Waals surface area contributed by atoms with Gasteiger partial charge in [-0.2, -0.15) is 0 Å². The Kier molecular flexibility index (Phi) is 4.22. The van der Waals surface area contributed by atoms with Gasteiger partial charge in [-0.1, -0.05) is 0 Å². The minimum atomic E-state index is 0.273. The minimum absolute atomic E-state index is 0.273. The summed E-state index contributed by atoms with van der Waals surface area (Å²) in [5.41, 5.74) is 6.15. The number of phenols is 1. The van der Waals surface area contributed by atoms with E-state index < -0.39 is 0 Å². The summed E-state index contributed by atoms with van der Waals surface area (Å²) in [6.45, 7) is 1.92. The molecule has 0 heterocycles. The molecule has 0 unspecified atom stereocenters. The average molecular weight is 196 g/mol. The highest BCUT2D eigenvalue weighted by Crippen LogP contribution is 2.22. The molecule has 1 aromatic rings. The largest absolute Gasteiger partial charge is 0.508 e. The third-order valence-electron chi connectivity index (χ3n) is 1.92. The third kappa shape index (κ3) is 2.90. The lowest BCUT2D eigenvalue weighted by Crippen LogP contribution is -2.21. The fraction of sp³-hybridized carbons (Fsp3) is 0.400. The standard InChI is InChI=1S/C10H16N2O2/c1-14-9-2-3-10(13)8(6-9)7-12-5-4-11/h2-3,6,12-13H,4-5,7,11H2,1H3. The number of phenolic OH excluding ortho intramolecular Hbond substituents is 1. The summed E-state index contributed by atoms with van der Waals surface area (Å²) in [5.74, 6) is 1.02. The normalized spacial score (nSPS) is 10.1. The van der Waals surface area contributed by atoms with E-state index in [-0.39, 0.29) is 5.75 Å². The van der Waals surface area contributed by atoms with Gasteiger partial charge in [-0.05, 0) is 18.2 Å². The predicted octanol–water partition coefficient (Wildman–Crippen LogP) is 0.449. The van der Waals surface area contributed by atoms with Crippen molar-refractivity contribution < 1.29 is 9.84 Å². The maximum atomic E-state index is 9.50. The van der Waals surface area contributed by atoms with Crippen molar-refractivity contribution in [3.63, 3.8) is 0 Å². The summed E-state index contributed by atoms with van der Waals surface area (Å²) in [6, 6.07) is 5.15. The van der Waals surface area contributed by atoms with Crippen LogP contribution in [0.5, 0.6) is 11.5 Å². The molecule has 0 atom stereocenters. The van der Waals surface area contributed by atoms with E-state index in [1.165, 1.54) is 0 Å². The van der Waals surface area contributed by atoms with Crippen molar-refractivity contribution in [3.05, 3.63) is 23.8 Å². The van der Waals surface area contributed by atoms with E-state index in [0.717, 1.165) is 17.9 Å². The smallest absolute Gasteiger partial charge is 0.120 e. The van der Waals surface area contributed by atoms with Gasteiger partial charge >= 0.3 is 0 Å². The number of rotatable bonds is 5. The molecule has 0 bridgehead atoms. The molecule has 0 fully saturated rings. The molecule has 4 heteroatoms. The quantitative estimate of drug-likeness (QED) is 0.598. The average Bonchev–Trinajstić information content (AvgIpc) is 2.21. The Hall–Kier alpha value is -1.26. The molecule has 4 N–H and O–H groups in total. The van der Waals surface area contributed by atoms with E-state index in [4.69, 9.17) is 10.5 Å². The molecule has 0 aliphatic heterocycles. The summed E-state index contributed by atoms with van der Waals surface area (Å²) >= 11 is 0. The van der Waals surface area contributed by atoms with Gasteiger partial charge in [0.1, 0.15) is 11.5 Å². The van der Waals surface area contributed by atoms with Gasteiger partial charge in [-0.15, -0.1) is 0 Å². The van der Waals surface area contributed by atoms with Crippen molar-refractivity contribution in [1.82, 2.24) is 5.32 Å². The number of hydrogen-bond donors (Lipinski definition) is 3. The van der Waals surface area contributed by atoms with Gasteiger partial charge in [-0.3, -0.25) is 0 Å². The zero-order valence-electron chi connectivity index (χ0n) is 8.29. The van der Waals surface area contributed by atoms with Crippen molar-refractivity contribution in [2.75, 3.05) is 20.2 Å². The number of aromatic hydroxyl groups is 1. The molecule has 0 aliphatic carbocycles. The van der Waals surface area contributed by atoms with Crippen molar-refractivity contribution in [3.8, 4) is 11.5 Å². The van der Waals surface area contributed by atoms with Crippen LogP contribution in [0.3, 0.4) is 0 Å². The van der Waals surface area contributed by atoms with Gasteiger partial charge in [0.15, 0.2) is 0 Å². The van der Waals surface area contributed by atoms with Crippen LogP contribution in [0, 0.1) is 0 Å². The predicted molar refractivity (Wildman–Crippen MR) is 55.4 cm³/mol. The van der Waals surface area contributed by atoms with Gasteiger partial charge in [0.25, 0.3) is 0 Å². The molecule has 0 radical (unpaired) electrons. The Morgan fingerprint density at radius 2 is 2.29 bits per heavy atom. The summed E-state index contributed by atoms with van der Waals surface area (Å²) in [6.07, 6.45) is 0. The summed E-state index contributed by atoms with van der Waals surface area (Å²) in [5, 5.41) is 12.6. The van der Waals surface area contributed by atoms with Crippen LogP contribution >= 0.6 is 0 Å². The van der Waals surface area contributed by atoms with Gasteiger partial charge < -0.3 is 20.9 Å². The number of benzene rings is 1. The Morgan fingerprint density at radius 3 is 2.93 bits per heavy atom. The van der Waals surface area contributed by atoms with Gasteiger partial charge in [-0.25, -0.2) is 0 Å². The third-order valence-corrected chi connectivity index (χ3v) is 1.92. The molecule has 1 rings (SSSR count). The lowest BCUT2D eigenvalue weighted by atomic mass is 10.2. The van der Waals surface area contributed by atoms with Crippen molar-refractivity contribution in [2.24, 2.45) is 5.73 Å². The Morgan fingerprint density at radius 1 is 1.50 bits per heavy atom. The first-order valence-electron chi connectivity index (χ1n) is 4.54. The Labute approximate surface area is 83.7 Å². The van der Waals surface area contributed by atoms with Gasteiger partial charge in [0, 0.05) is 25.2 Å². The zero-order chi connectivity index (χ0) is 10.4. The molecule has 14 heavy (non-hydrogen) atoms. The second-order valence-electron chi connectivity index (χ2n) is 2.96. The van der Waals surface area contributed by atoms with Crippen LogP contribution in [-0.2, 0) is 6.54 Å². The molecule has 1 aromatic carbocycles. The zero-order valence-corrected chi connectivity index (χ0v) is 8.29. The second-order valence-corrected chi connectivity index (χ2v) is 2.96. The molecular weight excluding hydrogens is 180 g/mol. The lowest BCUT2D eigenvalue weighted by Gasteiger charge is -2.07. The maximum Gasteiger partial charge on any atom is 0.120 e. The Bertz CT molecular complexity index is 289. The van der Waals surface area contributed by atoms with E-state index in [2.05, 4.69) is 5.32 Å². The van der Waals surface area contributed by atoms with E-state index in [1.807, 2.05) is 0 Å². The first-order chi connectivity index (χ1) is 6.77. The number of hydrogen-bond acceptors (Lipinski definition) is 4. The van der Waals surface area contributed by atoms with Crippen molar-refractivity contribution >= 4 is 0 Å². The van der Waals surface area contributed by atoms with Crippen LogP contribution < -0.4 is 15.8 Å². The van der Waals surface area contributed by atoms with E-state index in [9.17, 15) is 5.11 Å². The van der Waals surface area contributed by atoms with Crippen LogP contribution in [0.1, 0.15) is 5.56 Å².